The number of aromatic nitrogens is 1. The third-order valence-corrected chi connectivity index (χ3v) is 5.09. The molecule has 2 unspecified atom stereocenters. The lowest BCUT2D eigenvalue weighted by molar-refractivity contribution is -0.155. The van der Waals surface area contributed by atoms with Crippen molar-refractivity contribution >= 4 is 22.7 Å². The molecule has 0 fully saturated rings. The molecule has 0 radical (unpaired) electrons. The minimum absolute atomic E-state index is 0.122. The molecule has 2 rings (SSSR count). The highest BCUT2D eigenvalue weighted by Gasteiger charge is 2.41. The van der Waals surface area contributed by atoms with Crippen molar-refractivity contribution in [1.82, 2.24) is 4.98 Å². The fourth-order valence-corrected chi connectivity index (χ4v) is 3.27. The highest BCUT2D eigenvalue weighted by molar-refractivity contribution is 6.01. The van der Waals surface area contributed by atoms with Crippen molar-refractivity contribution in [2.24, 2.45) is 11.1 Å². The Kier molecular flexibility index (Phi) is 5.78. The number of rotatable bonds is 9. The average Bonchev–Trinajstić information content (AvgIpc) is 2.96. The number of aromatic amines is 1. The predicted molar refractivity (Wildman–Crippen MR) is 94.9 cm³/mol. The minimum atomic E-state index is -1.29. The monoisotopic (exact) mass is 330 g/mol. The normalized spacial score (nSPS) is 15.1. The quantitative estimate of drug-likeness (QED) is 0.615. The van der Waals surface area contributed by atoms with Gasteiger partial charge in [-0.15, -0.1) is 0 Å². The van der Waals surface area contributed by atoms with Crippen LogP contribution in [-0.4, -0.2) is 27.9 Å². The molecule has 1 aromatic heterocycles. The summed E-state index contributed by atoms with van der Waals surface area (Å²) in [5, 5.41) is 10.6. The van der Waals surface area contributed by atoms with Gasteiger partial charge in [-0.3, -0.25) is 9.59 Å². The lowest BCUT2D eigenvalue weighted by Crippen LogP contribution is -2.39. The molecule has 0 spiro atoms. The second-order valence-electron chi connectivity index (χ2n) is 6.49. The molecule has 1 heterocycles. The maximum absolute atomic E-state index is 11.8. The summed E-state index contributed by atoms with van der Waals surface area (Å²) in [6, 6.07) is 7.99. The maximum Gasteiger partial charge on any atom is 0.317 e. The number of carbonyl (C=O) groups is 2. The lowest BCUT2D eigenvalue weighted by atomic mass is 9.76. The van der Waals surface area contributed by atoms with Crippen LogP contribution in [0.25, 0.3) is 10.9 Å². The summed E-state index contributed by atoms with van der Waals surface area (Å²) in [4.78, 5) is 26.6. The van der Waals surface area contributed by atoms with E-state index in [0.29, 0.717) is 19.3 Å². The van der Waals surface area contributed by atoms with Crippen molar-refractivity contribution in [3.63, 3.8) is 0 Å². The summed E-state index contributed by atoms with van der Waals surface area (Å²) in [7, 11) is 0. The van der Waals surface area contributed by atoms with Gasteiger partial charge < -0.3 is 15.8 Å². The molecule has 24 heavy (non-hydrogen) atoms. The van der Waals surface area contributed by atoms with Gasteiger partial charge in [0, 0.05) is 23.1 Å². The molecule has 0 saturated carbocycles. The first-order chi connectivity index (χ1) is 11.4. The Balaban J connectivity index is 1.94. The van der Waals surface area contributed by atoms with Crippen LogP contribution in [0.1, 0.15) is 45.1 Å². The van der Waals surface area contributed by atoms with Gasteiger partial charge in [0.15, 0.2) is 0 Å². The molecule has 1 aromatic carbocycles. The van der Waals surface area contributed by atoms with E-state index in [-0.39, 0.29) is 11.8 Å². The summed E-state index contributed by atoms with van der Waals surface area (Å²) in [6.07, 6.45) is 4.72. The number of benzene rings is 1. The molecular weight excluding hydrogens is 304 g/mol. The fraction of sp³-hybridized carbons (Fsp3) is 0.474. The van der Waals surface area contributed by atoms with Crippen LogP contribution in [0.5, 0.6) is 0 Å². The number of nitrogens with two attached hydrogens (primary N) is 1. The van der Waals surface area contributed by atoms with Gasteiger partial charge in [0.1, 0.15) is 11.2 Å². The first-order valence-corrected chi connectivity index (χ1v) is 8.45. The van der Waals surface area contributed by atoms with Crippen molar-refractivity contribution in [3.05, 3.63) is 36.0 Å². The standard InChI is InChI=1S/C19H26N2O3/c1-3-19(13(2)22,18(23)24)11-10-15(20)9-8-14-12-21-17-7-5-4-6-16(14)17/h4-7,12,15,21H,3,8-11,20H2,1-2H3,(H,23,24). The van der Waals surface area contributed by atoms with Gasteiger partial charge in [0.05, 0.1) is 0 Å². The molecule has 130 valence electrons. The van der Waals surface area contributed by atoms with Crippen LogP contribution < -0.4 is 5.73 Å². The van der Waals surface area contributed by atoms with Crippen molar-refractivity contribution in [3.8, 4) is 0 Å². The van der Waals surface area contributed by atoms with E-state index in [4.69, 9.17) is 5.73 Å². The summed E-state index contributed by atoms with van der Waals surface area (Å²) < 4.78 is 0. The molecule has 2 atom stereocenters. The number of ketones is 1. The van der Waals surface area contributed by atoms with Gasteiger partial charge in [-0.05, 0) is 50.7 Å². The van der Waals surface area contributed by atoms with Crippen molar-refractivity contribution in [2.45, 2.75) is 52.0 Å². The Bertz CT molecular complexity index is 706. The zero-order chi connectivity index (χ0) is 17.7. The molecule has 0 aliphatic carbocycles. The Morgan fingerprint density at radius 1 is 1.29 bits per heavy atom. The fourth-order valence-electron chi connectivity index (χ4n) is 3.27. The second kappa shape index (κ2) is 7.62. The zero-order valence-corrected chi connectivity index (χ0v) is 14.3. The maximum atomic E-state index is 11.8. The van der Waals surface area contributed by atoms with E-state index in [1.54, 1.807) is 6.92 Å². The van der Waals surface area contributed by atoms with Crippen LogP contribution in [0.2, 0.25) is 0 Å². The Hall–Kier alpha value is -2.14. The number of carboxylic acids is 1. The number of aliphatic carboxylic acids is 1. The van der Waals surface area contributed by atoms with E-state index in [2.05, 4.69) is 11.1 Å². The molecule has 0 aliphatic heterocycles. The average molecular weight is 330 g/mol. The highest BCUT2D eigenvalue weighted by Crippen LogP contribution is 2.31. The molecule has 5 heteroatoms. The van der Waals surface area contributed by atoms with Gasteiger partial charge >= 0.3 is 5.97 Å². The number of para-hydroxylation sites is 1. The molecule has 0 amide bonds. The summed E-state index contributed by atoms with van der Waals surface area (Å²) in [5.74, 6) is -1.33. The smallest absolute Gasteiger partial charge is 0.317 e. The van der Waals surface area contributed by atoms with Crippen LogP contribution in [-0.2, 0) is 16.0 Å². The largest absolute Gasteiger partial charge is 0.480 e. The number of fused-ring (bicyclic) bond motifs is 1. The number of carbonyl (C=O) groups excluding carboxylic acids is 1. The second-order valence-corrected chi connectivity index (χ2v) is 6.49. The topological polar surface area (TPSA) is 96.2 Å². The lowest BCUT2D eigenvalue weighted by Gasteiger charge is -2.26. The summed E-state index contributed by atoms with van der Waals surface area (Å²) in [5.41, 5.74) is 7.21. The van der Waals surface area contributed by atoms with E-state index in [9.17, 15) is 14.7 Å². The molecule has 0 aliphatic rings. The first-order valence-electron chi connectivity index (χ1n) is 8.45. The number of hydrogen-bond donors (Lipinski definition) is 3. The number of H-pyrrole nitrogens is 1. The number of carboxylic acid groups (broad SMARTS) is 1. The first kappa shape index (κ1) is 18.2. The molecule has 2 aromatic rings. The Morgan fingerprint density at radius 2 is 2.00 bits per heavy atom. The van der Waals surface area contributed by atoms with Gasteiger partial charge in [-0.1, -0.05) is 25.1 Å². The Labute approximate surface area is 142 Å². The van der Waals surface area contributed by atoms with E-state index in [1.165, 1.54) is 17.9 Å². The number of hydrogen-bond acceptors (Lipinski definition) is 3. The number of aryl methyl sites for hydroxylation is 1. The summed E-state index contributed by atoms with van der Waals surface area (Å²) in [6.45, 7) is 3.10. The van der Waals surface area contributed by atoms with Crippen LogP contribution in [0.4, 0.5) is 0 Å². The van der Waals surface area contributed by atoms with E-state index in [1.807, 2.05) is 24.4 Å². The minimum Gasteiger partial charge on any atom is -0.480 e. The molecule has 0 bridgehead atoms. The van der Waals surface area contributed by atoms with Gasteiger partial charge in [0.2, 0.25) is 0 Å². The molecule has 5 nitrogen and oxygen atoms in total. The van der Waals surface area contributed by atoms with Crippen molar-refractivity contribution in [2.75, 3.05) is 0 Å². The molecule has 0 saturated heterocycles. The van der Waals surface area contributed by atoms with Crippen LogP contribution in [0, 0.1) is 5.41 Å². The third-order valence-electron chi connectivity index (χ3n) is 5.09. The van der Waals surface area contributed by atoms with Gasteiger partial charge in [0.25, 0.3) is 0 Å². The van der Waals surface area contributed by atoms with Crippen LogP contribution in [0.3, 0.4) is 0 Å². The Morgan fingerprint density at radius 3 is 2.62 bits per heavy atom. The molecular formula is C19H26N2O3. The van der Waals surface area contributed by atoms with E-state index < -0.39 is 11.4 Å². The highest BCUT2D eigenvalue weighted by atomic mass is 16.4. The molecule has 4 N–H and O–H groups in total. The van der Waals surface area contributed by atoms with Crippen LogP contribution >= 0.6 is 0 Å². The van der Waals surface area contributed by atoms with Gasteiger partial charge in [-0.2, -0.15) is 0 Å². The van der Waals surface area contributed by atoms with Crippen molar-refractivity contribution in [1.29, 1.82) is 0 Å². The SMILES string of the molecule is CCC(CCC(N)CCc1c[nH]c2ccccc12)(C(C)=O)C(=O)O. The van der Waals surface area contributed by atoms with Gasteiger partial charge in [-0.25, -0.2) is 0 Å². The summed E-state index contributed by atoms with van der Waals surface area (Å²) >= 11 is 0. The third kappa shape index (κ3) is 3.67. The number of Topliss-reactive ketones (excluding diaryl/α,β-unsaturated/α-hetero) is 1. The van der Waals surface area contributed by atoms with Crippen LogP contribution in [0.15, 0.2) is 30.5 Å². The predicted octanol–water partition coefficient (Wildman–Crippen LogP) is 3.28. The van der Waals surface area contributed by atoms with Crippen molar-refractivity contribution < 1.29 is 14.7 Å². The number of nitrogens with one attached hydrogen (secondary N) is 1. The zero-order valence-electron chi connectivity index (χ0n) is 14.3. The van der Waals surface area contributed by atoms with E-state index in [0.717, 1.165) is 18.4 Å². The van der Waals surface area contributed by atoms with E-state index >= 15 is 0 Å².